The van der Waals surface area contributed by atoms with Gasteiger partial charge in [0.1, 0.15) is 5.82 Å². The average Bonchev–Trinajstić information content (AvgIpc) is 2.34. The van der Waals surface area contributed by atoms with Crippen molar-refractivity contribution in [1.82, 2.24) is 5.32 Å². The third-order valence-corrected chi connectivity index (χ3v) is 3.97. The van der Waals surface area contributed by atoms with E-state index in [1.54, 1.807) is 0 Å². The number of carbonyl (C=O) groups excluding carboxylic acids is 1. The van der Waals surface area contributed by atoms with Gasteiger partial charge in [-0.2, -0.15) is 11.8 Å². The number of nitrogens with one attached hydrogen (secondary N) is 1. The molecule has 1 aromatic carbocycles. The molecule has 0 aromatic heterocycles. The number of halogens is 1. The van der Waals surface area contributed by atoms with Crippen molar-refractivity contribution in [3.63, 3.8) is 0 Å². The van der Waals surface area contributed by atoms with Gasteiger partial charge < -0.3 is 11.1 Å². The Balaban J connectivity index is 2.01. The zero-order valence-corrected chi connectivity index (χ0v) is 10.2. The van der Waals surface area contributed by atoms with Crippen molar-refractivity contribution in [2.24, 2.45) is 0 Å². The van der Waals surface area contributed by atoms with Crippen LogP contribution in [0.1, 0.15) is 23.2 Å². The molecule has 17 heavy (non-hydrogen) atoms. The Hall–Kier alpha value is -1.23. The van der Waals surface area contributed by atoms with Crippen LogP contribution >= 0.6 is 11.8 Å². The lowest BCUT2D eigenvalue weighted by Crippen LogP contribution is -2.38. The quantitative estimate of drug-likeness (QED) is 0.794. The first-order valence-electron chi connectivity index (χ1n) is 5.60. The monoisotopic (exact) mass is 254 g/mol. The largest absolute Gasteiger partial charge is 0.396 e. The van der Waals surface area contributed by atoms with Gasteiger partial charge in [-0.1, -0.05) is 0 Å². The van der Waals surface area contributed by atoms with Gasteiger partial charge >= 0.3 is 0 Å². The Bertz CT molecular complexity index is 419. The first-order valence-corrected chi connectivity index (χ1v) is 6.76. The highest BCUT2D eigenvalue weighted by Crippen LogP contribution is 2.18. The molecule has 0 bridgehead atoms. The maximum Gasteiger partial charge on any atom is 0.251 e. The van der Waals surface area contributed by atoms with Gasteiger partial charge in [0.2, 0.25) is 0 Å². The van der Waals surface area contributed by atoms with Crippen LogP contribution in [-0.2, 0) is 0 Å². The Morgan fingerprint density at radius 2 is 2.35 bits per heavy atom. The van der Waals surface area contributed by atoms with E-state index in [0.29, 0.717) is 5.56 Å². The van der Waals surface area contributed by atoms with E-state index in [9.17, 15) is 9.18 Å². The van der Waals surface area contributed by atoms with Gasteiger partial charge in [0.15, 0.2) is 0 Å². The third kappa shape index (κ3) is 3.12. The van der Waals surface area contributed by atoms with Gasteiger partial charge in [-0.15, -0.1) is 0 Å². The predicted octanol–water partition coefficient (Wildman–Crippen LogP) is 2.03. The van der Waals surface area contributed by atoms with Crippen molar-refractivity contribution in [3.8, 4) is 0 Å². The second-order valence-electron chi connectivity index (χ2n) is 4.12. The van der Waals surface area contributed by atoms with Crippen molar-refractivity contribution in [1.29, 1.82) is 0 Å². The molecule has 1 saturated heterocycles. The number of benzene rings is 1. The Morgan fingerprint density at radius 3 is 3.00 bits per heavy atom. The van der Waals surface area contributed by atoms with Crippen LogP contribution in [0.25, 0.3) is 0 Å². The van der Waals surface area contributed by atoms with Gasteiger partial charge in [0.25, 0.3) is 5.91 Å². The summed E-state index contributed by atoms with van der Waals surface area (Å²) in [5, 5.41) is 2.94. The first-order chi connectivity index (χ1) is 8.16. The lowest BCUT2D eigenvalue weighted by Gasteiger charge is -2.22. The van der Waals surface area contributed by atoms with E-state index in [1.807, 2.05) is 11.8 Å². The molecule has 1 heterocycles. The number of thioether (sulfide) groups is 1. The molecular weight excluding hydrogens is 239 g/mol. The number of carbonyl (C=O) groups is 1. The van der Waals surface area contributed by atoms with Crippen LogP contribution in [0.5, 0.6) is 0 Å². The molecular formula is C12H15FN2OS. The number of nitrogen functional groups attached to an aromatic ring is 1. The Morgan fingerprint density at radius 1 is 1.53 bits per heavy atom. The molecule has 1 fully saturated rings. The van der Waals surface area contributed by atoms with Gasteiger partial charge in [0, 0.05) is 17.4 Å². The van der Waals surface area contributed by atoms with Crippen LogP contribution in [0.2, 0.25) is 0 Å². The highest BCUT2D eigenvalue weighted by molar-refractivity contribution is 7.99. The highest BCUT2D eigenvalue weighted by Gasteiger charge is 2.17. The summed E-state index contributed by atoms with van der Waals surface area (Å²) in [4.78, 5) is 11.9. The van der Waals surface area contributed by atoms with Crippen molar-refractivity contribution < 1.29 is 9.18 Å². The molecule has 1 aliphatic heterocycles. The van der Waals surface area contributed by atoms with E-state index in [2.05, 4.69) is 5.32 Å². The molecule has 1 amide bonds. The number of amides is 1. The fourth-order valence-electron chi connectivity index (χ4n) is 1.81. The Labute approximate surface area is 104 Å². The highest BCUT2D eigenvalue weighted by atomic mass is 32.2. The molecule has 1 atom stereocenters. The van der Waals surface area contributed by atoms with E-state index in [-0.39, 0.29) is 17.6 Å². The molecule has 3 nitrogen and oxygen atoms in total. The third-order valence-electron chi connectivity index (χ3n) is 2.75. The summed E-state index contributed by atoms with van der Waals surface area (Å²) in [6, 6.07) is 4.27. The molecule has 5 heteroatoms. The summed E-state index contributed by atoms with van der Waals surface area (Å²) in [5.41, 5.74) is 5.86. The zero-order chi connectivity index (χ0) is 12.3. The summed E-state index contributed by atoms with van der Waals surface area (Å²) < 4.78 is 13.0. The van der Waals surface area contributed by atoms with E-state index >= 15 is 0 Å². The summed E-state index contributed by atoms with van der Waals surface area (Å²) in [5.74, 6) is 1.44. The van der Waals surface area contributed by atoms with Crippen molar-refractivity contribution in [2.45, 2.75) is 18.9 Å². The molecule has 3 N–H and O–H groups in total. The van der Waals surface area contributed by atoms with E-state index in [0.717, 1.165) is 24.3 Å². The van der Waals surface area contributed by atoms with Crippen LogP contribution in [-0.4, -0.2) is 23.5 Å². The van der Waals surface area contributed by atoms with Crippen LogP contribution < -0.4 is 11.1 Å². The second kappa shape index (κ2) is 5.40. The molecule has 0 radical (unpaired) electrons. The lowest BCUT2D eigenvalue weighted by molar-refractivity contribution is 0.0938. The summed E-state index contributed by atoms with van der Waals surface area (Å²) in [6.07, 6.45) is 2.14. The zero-order valence-electron chi connectivity index (χ0n) is 9.41. The molecule has 0 saturated carbocycles. The molecule has 0 spiro atoms. The summed E-state index contributed by atoms with van der Waals surface area (Å²) in [6.45, 7) is 0. The number of hydrogen-bond donors (Lipinski definition) is 2. The molecule has 1 aromatic rings. The minimum absolute atomic E-state index is 0.00988. The van der Waals surface area contributed by atoms with Crippen LogP contribution in [0.15, 0.2) is 18.2 Å². The fraction of sp³-hybridized carbons (Fsp3) is 0.417. The maximum absolute atomic E-state index is 13.0. The number of nitrogens with two attached hydrogens (primary N) is 1. The maximum atomic E-state index is 13.0. The first kappa shape index (κ1) is 12.2. The van der Waals surface area contributed by atoms with Crippen molar-refractivity contribution in [2.75, 3.05) is 17.2 Å². The second-order valence-corrected chi connectivity index (χ2v) is 5.27. The van der Waals surface area contributed by atoms with Crippen molar-refractivity contribution >= 4 is 23.4 Å². The number of hydrogen-bond acceptors (Lipinski definition) is 3. The van der Waals surface area contributed by atoms with E-state index in [4.69, 9.17) is 5.73 Å². The molecule has 0 aliphatic carbocycles. The minimum atomic E-state index is -0.491. The smallest absolute Gasteiger partial charge is 0.251 e. The fourth-order valence-corrected chi connectivity index (χ4v) is 2.88. The van der Waals surface area contributed by atoms with Gasteiger partial charge in [-0.25, -0.2) is 4.39 Å². The molecule has 1 unspecified atom stereocenters. The van der Waals surface area contributed by atoms with E-state index in [1.165, 1.54) is 18.2 Å². The average molecular weight is 254 g/mol. The molecule has 2 rings (SSSR count). The minimum Gasteiger partial charge on any atom is -0.396 e. The molecule has 92 valence electrons. The number of anilines is 1. The summed E-state index contributed by atoms with van der Waals surface area (Å²) in [7, 11) is 0. The van der Waals surface area contributed by atoms with Gasteiger partial charge in [-0.05, 0) is 36.8 Å². The lowest BCUT2D eigenvalue weighted by atomic mass is 10.1. The standard InChI is InChI=1S/C12H15FN2OS/c13-10-4-3-8(6-11(10)14)12(16)15-9-2-1-5-17-7-9/h3-4,6,9H,1-2,5,7,14H2,(H,15,16). The number of rotatable bonds is 2. The van der Waals surface area contributed by atoms with Crippen LogP contribution in [0.4, 0.5) is 10.1 Å². The van der Waals surface area contributed by atoms with E-state index < -0.39 is 5.82 Å². The Kier molecular flexibility index (Phi) is 3.89. The topological polar surface area (TPSA) is 55.1 Å². The van der Waals surface area contributed by atoms with Gasteiger partial charge in [-0.3, -0.25) is 4.79 Å². The normalized spacial score (nSPS) is 19.9. The van der Waals surface area contributed by atoms with Gasteiger partial charge in [0.05, 0.1) is 5.69 Å². The SMILES string of the molecule is Nc1cc(C(=O)NC2CCCSC2)ccc1F. The summed E-state index contributed by atoms with van der Waals surface area (Å²) >= 11 is 1.85. The van der Waals surface area contributed by atoms with Crippen molar-refractivity contribution in [3.05, 3.63) is 29.6 Å². The predicted molar refractivity (Wildman–Crippen MR) is 68.6 cm³/mol. The molecule has 1 aliphatic rings. The van der Waals surface area contributed by atoms with Crippen LogP contribution in [0.3, 0.4) is 0 Å². The van der Waals surface area contributed by atoms with Crippen LogP contribution in [0, 0.1) is 5.82 Å².